The van der Waals surface area contributed by atoms with E-state index in [1.165, 1.54) is 33.4 Å². The summed E-state index contributed by atoms with van der Waals surface area (Å²) in [5, 5.41) is 8.93. The van der Waals surface area contributed by atoms with Crippen LogP contribution in [0.2, 0.25) is 0 Å². The summed E-state index contributed by atoms with van der Waals surface area (Å²) in [6.07, 6.45) is 12.0. The van der Waals surface area contributed by atoms with Gasteiger partial charge >= 0.3 is 0 Å². The second kappa shape index (κ2) is 5.64. The van der Waals surface area contributed by atoms with Gasteiger partial charge in [0, 0.05) is 6.61 Å². The summed E-state index contributed by atoms with van der Waals surface area (Å²) in [6.45, 7) is 2.38. The van der Waals surface area contributed by atoms with Crippen molar-refractivity contribution in [3.8, 4) is 0 Å². The van der Waals surface area contributed by atoms with Crippen molar-refractivity contribution in [1.29, 1.82) is 0 Å². The van der Waals surface area contributed by atoms with Crippen molar-refractivity contribution in [2.45, 2.75) is 26.2 Å². The van der Waals surface area contributed by atoms with Gasteiger partial charge in [-0.1, -0.05) is 48.1 Å². The fourth-order valence-corrected chi connectivity index (χ4v) is 3.05. The van der Waals surface area contributed by atoms with Crippen LogP contribution in [-0.4, -0.2) is 11.7 Å². The van der Waals surface area contributed by atoms with Gasteiger partial charge in [-0.05, 0) is 60.1 Å². The van der Waals surface area contributed by atoms with Gasteiger partial charge in [-0.3, -0.25) is 0 Å². The Hall–Kier alpha value is -1.86. The molecule has 1 nitrogen and oxygen atoms in total. The Morgan fingerprint density at radius 1 is 1.20 bits per heavy atom. The van der Waals surface area contributed by atoms with Crippen LogP contribution in [-0.2, 0) is 0 Å². The van der Waals surface area contributed by atoms with Gasteiger partial charge in [0.2, 0.25) is 0 Å². The molecule has 0 fully saturated rings. The normalized spacial score (nSPS) is 18.9. The highest BCUT2D eigenvalue weighted by molar-refractivity contribution is 5.98. The molecule has 1 N–H and O–H groups in total. The van der Waals surface area contributed by atoms with Gasteiger partial charge in [-0.25, -0.2) is 0 Å². The van der Waals surface area contributed by atoms with Gasteiger partial charge in [0.05, 0.1) is 0 Å². The molecule has 1 aromatic carbocycles. The lowest BCUT2D eigenvalue weighted by atomic mass is 9.96. The summed E-state index contributed by atoms with van der Waals surface area (Å²) in [4.78, 5) is 0. The maximum Gasteiger partial charge on any atom is 0.0434 e. The van der Waals surface area contributed by atoms with Crippen LogP contribution in [0.3, 0.4) is 0 Å². The smallest absolute Gasteiger partial charge is 0.0434 e. The predicted octanol–water partition coefficient (Wildman–Crippen LogP) is 4.52. The van der Waals surface area contributed by atoms with Crippen molar-refractivity contribution in [3.05, 3.63) is 70.3 Å². The fraction of sp³-hybridized carbons (Fsp3) is 0.263. The van der Waals surface area contributed by atoms with E-state index < -0.39 is 0 Å². The molecule has 0 atom stereocenters. The molecule has 0 unspecified atom stereocenters. The average molecular weight is 264 g/mol. The minimum atomic E-state index is 0.273. The number of fused-ring (bicyclic) bond motifs is 1. The van der Waals surface area contributed by atoms with E-state index in [1.807, 2.05) is 0 Å². The first-order valence-electron chi connectivity index (χ1n) is 7.32. The summed E-state index contributed by atoms with van der Waals surface area (Å²) in [5.41, 5.74) is 8.14. The number of benzene rings is 1. The molecule has 20 heavy (non-hydrogen) atoms. The topological polar surface area (TPSA) is 20.2 Å². The molecular weight excluding hydrogens is 244 g/mol. The van der Waals surface area contributed by atoms with Crippen LogP contribution in [0, 0.1) is 0 Å². The fourth-order valence-electron chi connectivity index (χ4n) is 3.05. The molecule has 2 aliphatic rings. The zero-order valence-electron chi connectivity index (χ0n) is 11.9. The zero-order valence-corrected chi connectivity index (χ0v) is 11.9. The van der Waals surface area contributed by atoms with E-state index in [1.54, 1.807) is 0 Å². The van der Waals surface area contributed by atoms with Crippen LogP contribution in [0.15, 0.2) is 59.2 Å². The van der Waals surface area contributed by atoms with Crippen LogP contribution >= 0.6 is 0 Å². The molecule has 3 rings (SSSR count). The third kappa shape index (κ3) is 2.30. The van der Waals surface area contributed by atoms with Crippen molar-refractivity contribution >= 4 is 11.6 Å². The van der Waals surface area contributed by atoms with Gasteiger partial charge in [-0.2, -0.15) is 0 Å². The Balaban J connectivity index is 1.87. The first-order chi connectivity index (χ1) is 9.83. The van der Waals surface area contributed by atoms with Gasteiger partial charge < -0.3 is 5.11 Å². The molecular formula is C19H20O. The molecule has 0 saturated heterocycles. The molecule has 0 aromatic heterocycles. The van der Waals surface area contributed by atoms with Gasteiger partial charge in [0.25, 0.3) is 0 Å². The molecule has 0 saturated carbocycles. The van der Waals surface area contributed by atoms with Crippen LogP contribution in [0.4, 0.5) is 0 Å². The lowest BCUT2D eigenvalue weighted by molar-refractivity contribution is 0.289. The summed E-state index contributed by atoms with van der Waals surface area (Å²) in [6, 6.07) is 8.58. The second-order valence-corrected chi connectivity index (χ2v) is 5.33. The number of hydrogen-bond donors (Lipinski definition) is 1. The predicted molar refractivity (Wildman–Crippen MR) is 85.2 cm³/mol. The van der Waals surface area contributed by atoms with Crippen molar-refractivity contribution in [3.63, 3.8) is 0 Å². The molecule has 2 aliphatic carbocycles. The molecule has 0 spiro atoms. The number of aliphatic hydroxyl groups excluding tert-OH is 1. The Morgan fingerprint density at radius 2 is 2.05 bits per heavy atom. The van der Waals surface area contributed by atoms with Crippen molar-refractivity contribution < 1.29 is 5.11 Å². The Bertz CT molecular complexity index is 641. The summed E-state index contributed by atoms with van der Waals surface area (Å²) >= 11 is 0. The van der Waals surface area contributed by atoms with Gasteiger partial charge in [-0.15, -0.1) is 0 Å². The molecule has 102 valence electrons. The number of rotatable bonds is 4. The van der Waals surface area contributed by atoms with E-state index in [2.05, 4.69) is 55.5 Å². The highest BCUT2D eigenvalue weighted by Gasteiger charge is 2.21. The zero-order chi connectivity index (χ0) is 13.9. The van der Waals surface area contributed by atoms with Crippen molar-refractivity contribution in [2.24, 2.45) is 0 Å². The van der Waals surface area contributed by atoms with Crippen molar-refractivity contribution in [1.82, 2.24) is 0 Å². The molecule has 0 bridgehead atoms. The van der Waals surface area contributed by atoms with E-state index in [9.17, 15) is 0 Å². The van der Waals surface area contributed by atoms with Crippen LogP contribution in [0.5, 0.6) is 0 Å². The number of aliphatic hydroxyl groups is 1. The monoisotopic (exact) mass is 264 g/mol. The summed E-state index contributed by atoms with van der Waals surface area (Å²) in [5.74, 6) is 0. The van der Waals surface area contributed by atoms with Crippen LogP contribution < -0.4 is 0 Å². The molecule has 1 aromatic rings. The average Bonchev–Trinajstić information content (AvgIpc) is 3.08. The summed E-state index contributed by atoms with van der Waals surface area (Å²) in [7, 11) is 0. The Kier molecular flexibility index (Phi) is 3.70. The third-order valence-corrected chi connectivity index (χ3v) is 4.04. The largest absolute Gasteiger partial charge is 0.396 e. The standard InChI is InChI=1S/C19H20O/c1-2-17-18-8-4-3-7-15(18)13-19(17)16-10-9-14(12-16)6-5-11-20/h2-4,7-9,12-13,20H,5-6,10-11H2,1H3. The van der Waals surface area contributed by atoms with Gasteiger partial charge in [0.15, 0.2) is 0 Å². The van der Waals surface area contributed by atoms with E-state index in [-0.39, 0.29) is 6.61 Å². The minimum Gasteiger partial charge on any atom is -0.396 e. The van der Waals surface area contributed by atoms with Crippen LogP contribution in [0.25, 0.3) is 11.6 Å². The highest BCUT2D eigenvalue weighted by atomic mass is 16.2. The molecule has 1 heteroatoms. The second-order valence-electron chi connectivity index (χ2n) is 5.33. The number of hydrogen-bond acceptors (Lipinski definition) is 1. The van der Waals surface area contributed by atoms with Crippen molar-refractivity contribution in [2.75, 3.05) is 6.61 Å². The maximum absolute atomic E-state index is 8.93. The molecule has 0 heterocycles. The molecule has 0 aliphatic heterocycles. The van der Waals surface area contributed by atoms with E-state index in [4.69, 9.17) is 5.11 Å². The quantitative estimate of drug-likeness (QED) is 0.848. The first kappa shape index (κ1) is 13.1. The van der Waals surface area contributed by atoms with E-state index >= 15 is 0 Å². The van der Waals surface area contributed by atoms with E-state index in [0.29, 0.717) is 0 Å². The molecule has 0 amide bonds. The molecule has 0 radical (unpaired) electrons. The maximum atomic E-state index is 8.93. The Morgan fingerprint density at radius 3 is 2.85 bits per heavy atom. The minimum absolute atomic E-state index is 0.273. The van der Waals surface area contributed by atoms with Gasteiger partial charge in [0.1, 0.15) is 0 Å². The lowest BCUT2D eigenvalue weighted by Crippen LogP contribution is -1.87. The lowest BCUT2D eigenvalue weighted by Gasteiger charge is -2.07. The Labute approximate surface area is 120 Å². The highest BCUT2D eigenvalue weighted by Crippen LogP contribution is 2.42. The first-order valence-corrected chi connectivity index (χ1v) is 7.32. The number of allylic oxidation sites excluding steroid dienone is 7. The third-order valence-electron chi connectivity index (χ3n) is 4.04. The van der Waals surface area contributed by atoms with Crippen LogP contribution in [0.1, 0.15) is 37.3 Å². The SMILES string of the molecule is CC=C1C(C2=CC(CCCO)=CC2)=Cc2ccccc21. The van der Waals surface area contributed by atoms with E-state index in [0.717, 1.165) is 19.3 Å². The summed E-state index contributed by atoms with van der Waals surface area (Å²) < 4.78 is 0.